The molecule has 0 saturated carbocycles. The molecule has 0 fully saturated rings. The Morgan fingerprint density at radius 1 is 0.369 bits per heavy atom. The van der Waals surface area contributed by atoms with Crippen LogP contribution in [0.5, 0.6) is 0 Å². The van der Waals surface area contributed by atoms with Gasteiger partial charge in [-0.15, -0.1) is 0 Å². The van der Waals surface area contributed by atoms with Crippen molar-refractivity contribution in [1.82, 2.24) is 9.13 Å². The SMILES string of the molecule is Cc1ccc(-c2ccc(-n3c4ccc(C(C)(C)C)cc4c4cc(C(C)(C)C)ccc43)c(-c3cc(C#N)ccc3-n3c4ccc(C(C)(C)C)cc4c4cc(C(C)(C)C)ccc43)c2)c(C#N)c1. The van der Waals surface area contributed by atoms with Crippen LogP contribution in [-0.4, -0.2) is 9.13 Å². The Kier molecular flexibility index (Phi) is 10.1. The van der Waals surface area contributed by atoms with Crippen LogP contribution in [0.25, 0.3) is 77.2 Å². The molecule has 65 heavy (non-hydrogen) atoms. The van der Waals surface area contributed by atoms with Crippen LogP contribution in [0.4, 0.5) is 0 Å². The lowest BCUT2D eigenvalue weighted by Crippen LogP contribution is -2.10. The molecule has 0 aliphatic heterocycles. The first kappa shape index (κ1) is 43.4. The van der Waals surface area contributed by atoms with Crippen molar-refractivity contribution in [2.75, 3.05) is 0 Å². The van der Waals surface area contributed by atoms with Gasteiger partial charge < -0.3 is 9.13 Å². The van der Waals surface area contributed by atoms with Gasteiger partial charge in [0.05, 0.1) is 56.7 Å². The number of hydrogen-bond acceptors (Lipinski definition) is 2. The molecule has 0 N–H and O–H groups in total. The van der Waals surface area contributed by atoms with Crippen LogP contribution in [0.15, 0.2) is 127 Å². The Labute approximate surface area is 385 Å². The van der Waals surface area contributed by atoms with Crippen molar-refractivity contribution in [2.24, 2.45) is 0 Å². The number of aromatic nitrogens is 2. The van der Waals surface area contributed by atoms with E-state index in [9.17, 15) is 10.5 Å². The van der Waals surface area contributed by atoms with Crippen molar-refractivity contribution >= 4 is 43.6 Å². The zero-order chi connectivity index (χ0) is 46.5. The lowest BCUT2D eigenvalue weighted by atomic mass is 9.85. The minimum Gasteiger partial charge on any atom is -0.309 e. The standard InChI is InChI=1S/C61H60N4/c1-37-14-21-45(40(28-37)36-63)39-16-23-53(65-56-26-19-43(60(8,9)10)33-50(56)51-34-44(61(11,12)13)20-27-57(51)65)47(30-39)46-29-38(35-62)15-22-52(46)64-54-24-17-41(58(2,3)4)31-48(54)49-32-42(59(5,6)7)18-25-55(49)64/h14-34H,1-13H3. The van der Waals surface area contributed by atoms with Gasteiger partial charge in [-0.25, -0.2) is 0 Å². The van der Waals surface area contributed by atoms with Crippen LogP contribution in [0.2, 0.25) is 0 Å². The summed E-state index contributed by atoms with van der Waals surface area (Å²) < 4.78 is 4.82. The number of aryl methyl sites for hydroxylation is 1. The number of nitrogens with zero attached hydrogens (tertiary/aromatic N) is 4. The third-order valence-electron chi connectivity index (χ3n) is 13.5. The molecule has 0 unspecified atom stereocenters. The second-order valence-electron chi connectivity index (χ2n) is 22.3. The van der Waals surface area contributed by atoms with E-state index in [-0.39, 0.29) is 21.7 Å². The predicted molar refractivity (Wildman–Crippen MR) is 275 cm³/mol. The molecule has 4 heteroatoms. The maximum atomic E-state index is 10.6. The number of hydrogen-bond donors (Lipinski definition) is 0. The van der Waals surface area contributed by atoms with Crippen molar-refractivity contribution in [2.45, 2.75) is 112 Å². The highest BCUT2D eigenvalue weighted by Gasteiger charge is 2.26. The molecule has 0 aliphatic carbocycles. The smallest absolute Gasteiger partial charge is 0.0998 e. The average Bonchev–Trinajstić information content (AvgIpc) is 3.76. The molecule has 2 heterocycles. The summed E-state index contributed by atoms with van der Waals surface area (Å²) in [5.74, 6) is 0. The van der Waals surface area contributed by atoms with Crippen LogP contribution in [0.1, 0.15) is 122 Å². The first-order valence-electron chi connectivity index (χ1n) is 23.0. The van der Waals surface area contributed by atoms with E-state index in [2.05, 4.69) is 220 Å². The van der Waals surface area contributed by atoms with E-state index in [0.29, 0.717) is 11.1 Å². The molecule has 0 saturated heterocycles. The second kappa shape index (κ2) is 15.1. The van der Waals surface area contributed by atoms with Gasteiger partial charge in [0.15, 0.2) is 0 Å². The predicted octanol–water partition coefficient (Wildman–Crippen LogP) is 16.5. The fraction of sp³-hybridized carbons (Fsp3) is 0.279. The van der Waals surface area contributed by atoms with Crippen molar-refractivity contribution in [3.63, 3.8) is 0 Å². The van der Waals surface area contributed by atoms with Gasteiger partial charge in [0, 0.05) is 32.7 Å². The van der Waals surface area contributed by atoms with E-state index in [1.54, 1.807) is 0 Å². The summed E-state index contributed by atoms with van der Waals surface area (Å²) >= 11 is 0. The van der Waals surface area contributed by atoms with E-state index in [1.807, 2.05) is 19.1 Å². The lowest BCUT2D eigenvalue weighted by molar-refractivity contribution is 0.590. The van der Waals surface area contributed by atoms with Crippen molar-refractivity contribution in [3.8, 4) is 45.8 Å². The minimum absolute atomic E-state index is 0.0406. The average molecular weight is 849 g/mol. The Bertz CT molecular complexity index is 3350. The number of fused-ring (bicyclic) bond motifs is 6. The highest BCUT2D eigenvalue weighted by Crippen LogP contribution is 2.45. The number of rotatable bonds is 4. The zero-order valence-corrected chi connectivity index (χ0v) is 40.4. The van der Waals surface area contributed by atoms with Crippen LogP contribution < -0.4 is 0 Å². The summed E-state index contributed by atoms with van der Waals surface area (Å²) in [6, 6.07) is 51.6. The highest BCUT2D eigenvalue weighted by atomic mass is 15.0. The molecule has 4 nitrogen and oxygen atoms in total. The molecule has 0 spiro atoms. The van der Waals surface area contributed by atoms with Crippen molar-refractivity contribution in [3.05, 3.63) is 166 Å². The van der Waals surface area contributed by atoms with Gasteiger partial charge in [0.25, 0.3) is 0 Å². The third-order valence-corrected chi connectivity index (χ3v) is 13.5. The summed E-state index contributed by atoms with van der Waals surface area (Å²) in [6.45, 7) is 29.3. The topological polar surface area (TPSA) is 57.4 Å². The summed E-state index contributed by atoms with van der Waals surface area (Å²) in [5, 5.41) is 25.9. The molecule has 0 amide bonds. The molecule has 9 rings (SSSR count). The van der Waals surface area contributed by atoms with Gasteiger partial charge in [-0.2, -0.15) is 10.5 Å². The normalized spacial score (nSPS) is 12.7. The Morgan fingerprint density at radius 3 is 1.12 bits per heavy atom. The summed E-state index contributed by atoms with van der Waals surface area (Å²) in [7, 11) is 0. The van der Waals surface area contributed by atoms with Crippen molar-refractivity contribution < 1.29 is 0 Å². The summed E-state index contributed by atoms with van der Waals surface area (Å²) in [6.07, 6.45) is 0. The summed E-state index contributed by atoms with van der Waals surface area (Å²) in [5.41, 5.74) is 17.3. The molecular formula is C61H60N4. The van der Waals surface area contributed by atoms with Crippen LogP contribution >= 0.6 is 0 Å². The van der Waals surface area contributed by atoms with Gasteiger partial charge >= 0.3 is 0 Å². The van der Waals surface area contributed by atoms with Crippen molar-refractivity contribution in [1.29, 1.82) is 10.5 Å². The van der Waals surface area contributed by atoms with Gasteiger partial charge in [0.1, 0.15) is 0 Å². The molecular weight excluding hydrogens is 789 g/mol. The fourth-order valence-corrected chi connectivity index (χ4v) is 9.56. The maximum Gasteiger partial charge on any atom is 0.0998 e. The zero-order valence-electron chi connectivity index (χ0n) is 40.4. The van der Waals surface area contributed by atoms with Gasteiger partial charge in [-0.05, 0) is 152 Å². The van der Waals surface area contributed by atoms with Crippen LogP contribution in [0.3, 0.4) is 0 Å². The minimum atomic E-state index is -0.0419. The largest absolute Gasteiger partial charge is 0.309 e. The maximum absolute atomic E-state index is 10.6. The summed E-state index contributed by atoms with van der Waals surface area (Å²) in [4.78, 5) is 0. The molecule has 0 atom stereocenters. The molecule has 324 valence electrons. The van der Waals surface area contributed by atoms with Gasteiger partial charge in [-0.1, -0.05) is 126 Å². The van der Waals surface area contributed by atoms with E-state index in [0.717, 1.165) is 61.3 Å². The van der Waals surface area contributed by atoms with E-state index in [4.69, 9.17) is 0 Å². The molecule has 2 aromatic heterocycles. The van der Waals surface area contributed by atoms with Gasteiger partial charge in [-0.3, -0.25) is 0 Å². The van der Waals surface area contributed by atoms with Crippen LogP contribution in [-0.2, 0) is 21.7 Å². The van der Waals surface area contributed by atoms with Gasteiger partial charge in [0.2, 0.25) is 0 Å². The van der Waals surface area contributed by atoms with E-state index < -0.39 is 0 Å². The quantitative estimate of drug-likeness (QED) is 0.177. The molecule has 7 aromatic carbocycles. The molecule has 9 aromatic rings. The second-order valence-corrected chi connectivity index (χ2v) is 22.3. The van der Waals surface area contributed by atoms with E-state index >= 15 is 0 Å². The molecule has 0 radical (unpaired) electrons. The van der Waals surface area contributed by atoms with E-state index in [1.165, 1.54) is 43.8 Å². The Morgan fingerprint density at radius 2 is 0.754 bits per heavy atom. The Balaban J connectivity index is 1.44. The first-order chi connectivity index (χ1) is 30.6. The highest BCUT2D eigenvalue weighted by molar-refractivity contribution is 6.12. The first-order valence-corrected chi connectivity index (χ1v) is 23.0. The number of nitriles is 2. The Hall–Kier alpha value is -6.88. The molecule has 0 aliphatic rings. The monoisotopic (exact) mass is 848 g/mol. The van der Waals surface area contributed by atoms with Crippen LogP contribution in [0, 0.1) is 29.6 Å². The third kappa shape index (κ3) is 7.50. The molecule has 0 bridgehead atoms. The number of benzene rings is 7. The lowest BCUT2D eigenvalue weighted by Gasteiger charge is -2.22. The fourth-order valence-electron chi connectivity index (χ4n) is 9.56.